The van der Waals surface area contributed by atoms with Gasteiger partial charge in [0.2, 0.25) is 0 Å². The molecule has 2 fully saturated rings. The molecular weight excluding hydrogens is 523 g/mol. The maximum Gasteiger partial charge on any atom is 0.333 e. The molecule has 0 radical (unpaired) electrons. The monoisotopic (exact) mass is 573 g/mol. The summed E-state index contributed by atoms with van der Waals surface area (Å²) in [5.41, 5.74) is -0.0722. The Hall–Kier alpha value is 0.610. The Morgan fingerprint density at radius 2 is 0.944 bits per heavy atom. The molecule has 0 spiro atoms. The van der Waals surface area contributed by atoms with Crippen LogP contribution in [-0.4, -0.2) is 69.7 Å². The van der Waals surface area contributed by atoms with Crippen molar-refractivity contribution in [2.45, 2.75) is 102 Å². The molecule has 0 N–H and O–H groups in total. The quantitative estimate of drug-likeness (QED) is 0.185. The molecule has 0 unspecified atom stereocenters. The van der Waals surface area contributed by atoms with Crippen LogP contribution in [0.3, 0.4) is 0 Å². The summed E-state index contributed by atoms with van der Waals surface area (Å²) in [6.45, 7) is 9.99. The van der Waals surface area contributed by atoms with Crippen molar-refractivity contribution >= 4 is 23.7 Å². The van der Waals surface area contributed by atoms with Crippen LogP contribution in [0.15, 0.2) is 0 Å². The first kappa shape index (κ1) is 32.8. The third kappa shape index (κ3) is 8.81. The van der Waals surface area contributed by atoms with Crippen LogP contribution in [0.4, 0.5) is 0 Å². The second kappa shape index (κ2) is 15.4. The summed E-state index contributed by atoms with van der Waals surface area (Å²) < 4.78 is 61.7. The maximum atomic E-state index is 12.7. The zero-order valence-corrected chi connectivity index (χ0v) is 26.3. The predicted molar refractivity (Wildman–Crippen MR) is 146 cm³/mol. The average molecular weight is 574 g/mol. The lowest BCUT2D eigenvalue weighted by Crippen LogP contribution is -2.35. The Bertz CT molecular complexity index is 650. The van der Waals surface area contributed by atoms with Gasteiger partial charge in [0.05, 0.1) is 24.5 Å². The smallest absolute Gasteiger partial charge is 0.322 e. The van der Waals surface area contributed by atoms with Crippen LogP contribution in [0.1, 0.15) is 79.1 Å². The molecule has 2 aliphatic carbocycles. The molecule has 0 amide bonds. The Balaban J connectivity index is 1.92. The van der Waals surface area contributed by atoms with E-state index in [0.717, 1.165) is 51.4 Å². The van der Waals surface area contributed by atoms with Gasteiger partial charge in [-0.1, -0.05) is 0 Å². The fourth-order valence-electron chi connectivity index (χ4n) is 5.48. The summed E-state index contributed by atoms with van der Waals surface area (Å²) in [6, 6.07) is 0.595. The van der Waals surface area contributed by atoms with E-state index in [1.54, 1.807) is 0 Å². The lowest BCUT2D eigenvalue weighted by atomic mass is 9.90. The summed E-state index contributed by atoms with van der Waals surface area (Å²) >= 11 is 0. The van der Waals surface area contributed by atoms with E-state index in [2.05, 4.69) is 32.4 Å². The first-order chi connectivity index (χ1) is 17.0. The largest absolute Gasteiger partial charge is 0.333 e. The highest BCUT2D eigenvalue weighted by atomic mass is 31.2. The minimum Gasteiger partial charge on any atom is -0.322 e. The van der Waals surface area contributed by atoms with Crippen molar-refractivity contribution in [2.24, 2.45) is 11.8 Å². The second-order valence-corrected chi connectivity index (χ2v) is 17.1. The zero-order valence-electron chi connectivity index (χ0n) is 23.6. The number of hydrogen-bond acceptors (Lipinski definition) is 9. The molecule has 36 heavy (non-hydrogen) atoms. The summed E-state index contributed by atoms with van der Waals surface area (Å²) in [4.78, 5) is 0. The van der Waals surface area contributed by atoms with Crippen LogP contribution in [0, 0.1) is 11.8 Å². The van der Waals surface area contributed by atoms with Gasteiger partial charge in [0.1, 0.15) is 0 Å². The van der Waals surface area contributed by atoms with Gasteiger partial charge in [-0.25, -0.2) is 4.67 Å². The van der Waals surface area contributed by atoms with Crippen molar-refractivity contribution in [1.82, 2.24) is 4.67 Å². The molecule has 0 bridgehead atoms. The second-order valence-electron chi connectivity index (χ2n) is 10.6. The lowest BCUT2D eigenvalue weighted by Gasteiger charge is -2.38. The molecule has 0 aromatic carbocycles. The molecule has 0 atom stereocenters. The van der Waals surface area contributed by atoms with E-state index in [9.17, 15) is 9.13 Å². The van der Waals surface area contributed by atoms with Gasteiger partial charge in [0.15, 0.2) is 0 Å². The van der Waals surface area contributed by atoms with Gasteiger partial charge in [-0.15, -0.1) is 0 Å². The molecule has 0 heterocycles. The zero-order chi connectivity index (χ0) is 26.9. The van der Waals surface area contributed by atoms with Crippen molar-refractivity contribution in [1.29, 1.82) is 0 Å². The van der Waals surface area contributed by atoms with Crippen molar-refractivity contribution < 1.29 is 36.3 Å². The van der Waals surface area contributed by atoms with Crippen molar-refractivity contribution in [3.63, 3.8) is 0 Å². The Morgan fingerprint density at radius 3 is 1.19 bits per heavy atom. The minimum atomic E-state index is -3.01. The SMILES string of the molecule is COP(=O)(OC)C1CCC(COP(OCC2CCC(P(=O)(OC)OC)CC2)N(C(C)C)C(C)C)CC1. The topological polar surface area (TPSA) is 92.8 Å². The fourth-order valence-corrected chi connectivity index (χ4v) is 10.6. The average Bonchev–Trinajstić information content (AvgIpc) is 2.89. The van der Waals surface area contributed by atoms with E-state index in [1.807, 2.05) is 0 Å². The van der Waals surface area contributed by atoms with Crippen LogP contribution in [-0.2, 0) is 36.3 Å². The van der Waals surface area contributed by atoms with Crippen LogP contribution in [0.2, 0.25) is 0 Å². The summed E-state index contributed by atoms with van der Waals surface area (Å²) in [5, 5.41) is 0. The predicted octanol–water partition coefficient (Wildman–Crippen LogP) is 7.45. The van der Waals surface area contributed by atoms with E-state index in [0.29, 0.717) is 37.1 Å². The standard InChI is InChI=1S/C24H50NO8P3/c1-19(2)25(20(3)4)34(32-17-21-9-13-23(14-10-21)35(26,28-5)29-6)33-18-22-11-15-24(16-12-22)36(27,30-7)31-8/h19-24H,9-18H2,1-8H3. The van der Waals surface area contributed by atoms with Gasteiger partial charge < -0.3 is 27.1 Å². The Kier molecular flexibility index (Phi) is 14.0. The third-order valence-electron chi connectivity index (χ3n) is 7.63. The normalized spacial score (nSPS) is 27.2. The van der Waals surface area contributed by atoms with E-state index in [1.165, 1.54) is 28.4 Å². The van der Waals surface area contributed by atoms with Crippen molar-refractivity contribution in [2.75, 3.05) is 41.7 Å². The molecule has 9 nitrogen and oxygen atoms in total. The highest BCUT2D eigenvalue weighted by molar-refractivity contribution is 7.54. The first-order valence-corrected chi connectivity index (χ1v) is 17.6. The molecule has 2 rings (SSSR count). The van der Waals surface area contributed by atoms with E-state index in [-0.39, 0.29) is 11.3 Å². The molecule has 0 aromatic rings. The molecule has 0 saturated heterocycles. The van der Waals surface area contributed by atoms with Gasteiger partial charge in [-0.05, 0) is 90.9 Å². The van der Waals surface area contributed by atoms with Gasteiger partial charge in [0.25, 0.3) is 8.53 Å². The number of nitrogens with zero attached hydrogens (tertiary/aromatic N) is 1. The van der Waals surface area contributed by atoms with Crippen molar-refractivity contribution in [3.05, 3.63) is 0 Å². The van der Waals surface area contributed by atoms with Crippen LogP contribution in [0.5, 0.6) is 0 Å². The van der Waals surface area contributed by atoms with E-state index < -0.39 is 23.7 Å². The molecule has 214 valence electrons. The van der Waals surface area contributed by atoms with Gasteiger partial charge >= 0.3 is 15.2 Å². The van der Waals surface area contributed by atoms with Crippen molar-refractivity contribution in [3.8, 4) is 0 Å². The van der Waals surface area contributed by atoms with E-state index >= 15 is 0 Å². The fraction of sp³-hybridized carbons (Fsp3) is 1.00. The first-order valence-electron chi connectivity index (χ1n) is 13.3. The molecule has 2 aliphatic rings. The highest BCUT2D eigenvalue weighted by Crippen LogP contribution is 2.58. The van der Waals surface area contributed by atoms with Crippen LogP contribution < -0.4 is 0 Å². The highest BCUT2D eigenvalue weighted by Gasteiger charge is 2.39. The summed E-state index contributed by atoms with van der Waals surface area (Å²) in [5.74, 6) is 0.816. The molecular formula is C24H50NO8P3. The van der Waals surface area contributed by atoms with Crippen LogP contribution >= 0.6 is 23.7 Å². The van der Waals surface area contributed by atoms with E-state index in [4.69, 9.17) is 27.1 Å². The Labute approximate surface area is 220 Å². The molecule has 2 saturated carbocycles. The van der Waals surface area contributed by atoms with Gasteiger partial charge in [-0.3, -0.25) is 9.13 Å². The number of rotatable bonds is 15. The number of hydrogen-bond donors (Lipinski definition) is 0. The maximum absolute atomic E-state index is 12.7. The van der Waals surface area contributed by atoms with Crippen LogP contribution in [0.25, 0.3) is 0 Å². The summed E-state index contributed by atoms with van der Waals surface area (Å²) in [7, 11) is -1.36. The molecule has 0 aromatic heterocycles. The Morgan fingerprint density at radius 1 is 0.639 bits per heavy atom. The van der Waals surface area contributed by atoms with Gasteiger partial charge in [-0.2, -0.15) is 0 Å². The lowest BCUT2D eigenvalue weighted by molar-refractivity contribution is 0.123. The molecule has 12 heteroatoms. The van der Waals surface area contributed by atoms with Gasteiger partial charge in [0, 0.05) is 40.5 Å². The minimum absolute atomic E-state index is 0.0361. The summed E-state index contributed by atoms with van der Waals surface area (Å²) in [6.07, 6.45) is 7.04. The third-order valence-corrected chi connectivity index (χ3v) is 14.5. The molecule has 0 aliphatic heterocycles.